The minimum Gasteiger partial charge on any atom is -0.323 e. The van der Waals surface area contributed by atoms with Gasteiger partial charge in [-0.05, 0) is 25.1 Å². The third kappa shape index (κ3) is 3.74. The van der Waals surface area contributed by atoms with E-state index >= 15 is 0 Å². The normalized spacial score (nSPS) is 10.8. The molecule has 2 aromatic carbocycles. The van der Waals surface area contributed by atoms with Gasteiger partial charge in [-0.15, -0.1) is 11.8 Å². The molecule has 1 N–H and O–H groups in total. The third-order valence-electron chi connectivity index (χ3n) is 3.80. The summed E-state index contributed by atoms with van der Waals surface area (Å²) in [7, 11) is 0. The third-order valence-corrected chi connectivity index (χ3v) is 4.86. The summed E-state index contributed by atoms with van der Waals surface area (Å²) in [6, 6.07) is 15.2. The van der Waals surface area contributed by atoms with Crippen molar-refractivity contribution in [3.05, 3.63) is 70.8 Å². The van der Waals surface area contributed by atoms with Crippen LogP contribution < -0.4 is 10.9 Å². The molecule has 0 unspecified atom stereocenters. The Morgan fingerprint density at radius 1 is 1.16 bits per heavy atom. The number of carbonyl (C=O) groups is 1. The summed E-state index contributed by atoms with van der Waals surface area (Å²) in [6.07, 6.45) is 0. The lowest BCUT2D eigenvalue weighted by Gasteiger charge is -2.12. The molecule has 3 aromatic rings. The number of fused-ring (bicyclic) bond motifs is 1. The van der Waals surface area contributed by atoms with Crippen LogP contribution in [0.5, 0.6) is 0 Å². The van der Waals surface area contributed by atoms with Gasteiger partial charge >= 0.3 is 0 Å². The first-order valence-corrected chi connectivity index (χ1v) is 8.88. The number of para-hydroxylation sites is 2. The van der Waals surface area contributed by atoms with Gasteiger partial charge in [0.25, 0.3) is 5.56 Å². The van der Waals surface area contributed by atoms with Gasteiger partial charge in [0.1, 0.15) is 5.82 Å². The fourth-order valence-corrected chi connectivity index (χ4v) is 3.51. The standard InChI is InChI=1S/C19H17FN2O2S/c1-2-22-16-10-6-3-7-13(16)17(11-19(22)24)25-12-18(23)21-15-9-5-4-8-14(15)20/h3-11H,2,12H2,1H3,(H,21,23). The maximum absolute atomic E-state index is 13.6. The summed E-state index contributed by atoms with van der Waals surface area (Å²) in [6.45, 7) is 2.50. The first kappa shape index (κ1) is 17.2. The smallest absolute Gasteiger partial charge is 0.252 e. The Balaban J connectivity index is 1.81. The maximum Gasteiger partial charge on any atom is 0.252 e. The number of amides is 1. The molecule has 128 valence electrons. The fourth-order valence-electron chi connectivity index (χ4n) is 2.64. The second-order valence-electron chi connectivity index (χ2n) is 5.42. The summed E-state index contributed by atoms with van der Waals surface area (Å²) >= 11 is 1.27. The molecule has 4 nitrogen and oxygen atoms in total. The molecule has 0 aliphatic carbocycles. The monoisotopic (exact) mass is 356 g/mol. The van der Waals surface area contributed by atoms with E-state index in [1.54, 1.807) is 22.8 Å². The molecule has 0 saturated carbocycles. The number of nitrogens with zero attached hydrogens (tertiary/aromatic N) is 1. The van der Waals surface area contributed by atoms with Gasteiger partial charge in [-0.3, -0.25) is 9.59 Å². The molecule has 0 atom stereocenters. The predicted molar refractivity (Wildman–Crippen MR) is 99.6 cm³/mol. The van der Waals surface area contributed by atoms with Crippen molar-refractivity contribution in [3.63, 3.8) is 0 Å². The average Bonchev–Trinajstić information content (AvgIpc) is 2.62. The first-order valence-electron chi connectivity index (χ1n) is 7.90. The van der Waals surface area contributed by atoms with E-state index in [2.05, 4.69) is 5.32 Å². The van der Waals surface area contributed by atoms with E-state index in [4.69, 9.17) is 0 Å². The van der Waals surface area contributed by atoms with Crippen molar-refractivity contribution in [1.82, 2.24) is 4.57 Å². The first-order chi connectivity index (χ1) is 12.1. The number of benzene rings is 2. The van der Waals surface area contributed by atoms with Crippen LogP contribution >= 0.6 is 11.8 Å². The summed E-state index contributed by atoms with van der Waals surface area (Å²) in [5, 5.41) is 3.47. The number of pyridine rings is 1. The highest BCUT2D eigenvalue weighted by Gasteiger charge is 2.11. The Labute approximate surface area is 148 Å². The van der Waals surface area contributed by atoms with Gasteiger partial charge in [-0.1, -0.05) is 30.3 Å². The number of thioether (sulfide) groups is 1. The molecular weight excluding hydrogens is 339 g/mol. The number of aromatic nitrogens is 1. The van der Waals surface area contributed by atoms with E-state index in [0.717, 1.165) is 15.8 Å². The van der Waals surface area contributed by atoms with Crippen LogP contribution in [0.4, 0.5) is 10.1 Å². The van der Waals surface area contributed by atoms with Gasteiger partial charge in [0, 0.05) is 22.9 Å². The van der Waals surface area contributed by atoms with Gasteiger partial charge in [0.15, 0.2) is 0 Å². The zero-order valence-corrected chi connectivity index (χ0v) is 14.5. The Kier molecular flexibility index (Phi) is 5.19. The van der Waals surface area contributed by atoms with E-state index in [1.165, 1.54) is 23.9 Å². The molecule has 0 radical (unpaired) electrons. The minimum absolute atomic E-state index is 0.0912. The van der Waals surface area contributed by atoms with Crippen molar-refractivity contribution < 1.29 is 9.18 Å². The molecule has 0 aliphatic heterocycles. The lowest BCUT2D eigenvalue weighted by Crippen LogP contribution is -2.19. The zero-order valence-electron chi connectivity index (χ0n) is 13.7. The molecule has 0 bridgehead atoms. The highest BCUT2D eigenvalue weighted by molar-refractivity contribution is 8.00. The molecule has 0 aliphatic rings. The van der Waals surface area contributed by atoms with E-state index in [9.17, 15) is 14.0 Å². The molecule has 1 amide bonds. The lowest BCUT2D eigenvalue weighted by molar-refractivity contribution is -0.113. The van der Waals surface area contributed by atoms with E-state index in [-0.39, 0.29) is 22.9 Å². The number of carbonyl (C=O) groups excluding carboxylic acids is 1. The van der Waals surface area contributed by atoms with Crippen LogP contribution in [0.1, 0.15) is 6.92 Å². The van der Waals surface area contributed by atoms with Gasteiger partial charge < -0.3 is 9.88 Å². The minimum atomic E-state index is -0.475. The summed E-state index contributed by atoms with van der Waals surface area (Å²) < 4.78 is 15.3. The van der Waals surface area contributed by atoms with E-state index in [1.807, 2.05) is 31.2 Å². The highest BCUT2D eigenvalue weighted by Crippen LogP contribution is 2.26. The van der Waals surface area contributed by atoms with Crippen molar-refractivity contribution in [2.24, 2.45) is 0 Å². The van der Waals surface area contributed by atoms with Crippen molar-refractivity contribution in [2.45, 2.75) is 18.4 Å². The van der Waals surface area contributed by atoms with Gasteiger partial charge in [0.05, 0.1) is 17.0 Å². The van der Waals surface area contributed by atoms with Crippen molar-refractivity contribution in [1.29, 1.82) is 0 Å². The fraction of sp³-hybridized carbons (Fsp3) is 0.158. The van der Waals surface area contributed by atoms with Crippen LogP contribution in [-0.2, 0) is 11.3 Å². The quantitative estimate of drug-likeness (QED) is 0.706. The number of nitrogens with one attached hydrogen (secondary N) is 1. The highest BCUT2D eigenvalue weighted by atomic mass is 32.2. The second-order valence-corrected chi connectivity index (χ2v) is 6.44. The van der Waals surface area contributed by atoms with Crippen LogP contribution in [0, 0.1) is 5.82 Å². The second kappa shape index (κ2) is 7.53. The zero-order chi connectivity index (χ0) is 17.8. The van der Waals surface area contributed by atoms with Crippen LogP contribution in [0.3, 0.4) is 0 Å². The summed E-state index contributed by atoms with van der Waals surface area (Å²) in [5.41, 5.74) is 0.895. The molecule has 1 aromatic heterocycles. The summed E-state index contributed by atoms with van der Waals surface area (Å²) in [5.74, 6) is -0.704. The predicted octanol–water partition coefficient (Wildman–Crippen LogP) is 3.89. The number of hydrogen-bond donors (Lipinski definition) is 1. The van der Waals surface area contributed by atoms with Gasteiger partial charge in [0.2, 0.25) is 5.91 Å². The largest absolute Gasteiger partial charge is 0.323 e. The number of aryl methyl sites for hydroxylation is 1. The van der Waals surface area contributed by atoms with Gasteiger partial charge in [-0.2, -0.15) is 0 Å². The van der Waals surface area contributed by atoms with E-state index < -0.39 is 5.82 Å². The van der Waals surface area contributed by atoms with Gasteiger partial charge in [-0.25, -0.2) is 4.39 Å². The molecular formula is C19H17FN2O2S. The molecule has 25 heavy (non-hydrogen) atoms. The van der Waals surface area contributed by atoms with E-state index in [0.29, 0.717) is 6.54 Å². The Morgan fingerprint density at radius 3 is 2.64 bits per heavy atom. The number of rotatable bonds is 5. The topological polar surface area (TPSA) is 51.1 Å². The Bertz CT molecular complexity index is 985. The SMILES string of the molecule is CCn1c(=O)cc(SCC(=O)Nc2ccccc2F)c2ccccc21. The maximum atomic E-state index is 13.6. The molecule has 0 saturated heterocycles. The van der Waals surface area contributed by atoms with Crippen LogP contribution in [-0.4, -0.2) is 16.2 Å². The van der Waals surface area contributed by atoms with Crippen molar-refractivity contribution in [2.75, 3.05) is 11.1 Å². The van der Waals surface area contributed by atoms with Crippen molar-refractivity contribution >= 4 is 34.3 Å². The van der Waals surface area contributed by atoms with Crippen LogP contribution in [0.15, 0.2) is 64.3 Å². The Hall–Kier alpha value is -2.60. The van der Waals surface area contributed by atoms with Crippen molar-refractivity contribution in [3.8, 4) is 0 Å². The lowest BCUT2D eigenvalue weighted by atomic mass is 10.2. The average molecular weight is 356 g/mol. The summed E-state index contributed by atoms with van der Waals surface area (Å²) in [4.78, 5) is 25.1. The van der Waals surface area contributed by atoms with Crippen LogP contribution in [0.25, 0.3) is 10.9 Å². The molecule has 6 heteroatoms. The number of halogens is 1. The van der Waals surface area contributed by atoms with Crippen LogP contribution in [0.2, 0.25) is 0 Å². The molecule has 1 heterocycles. The molecule has 0 spiro atoms. The number of hydrogen-bond acceptors (Lipinski definition) is 3. The molecule has 3 rings (SSSR count). The number of anilines is 1. The Morgan fingerprint density at radius 2 is 1.88 bits per heavy atom. The molecule has 0 fully saturated rings.